The second kappa shape index (κ2) is 6.27. The number of anilines is 1. The third-order valence-electron chi connectivity index (χ3n) is 4.12. The highest BCUT2D eigenvalue weighted by Crippen LogP contribution is 2.43. The molecule has 0 amide bonds. The Balaban J connectivity index is 1.94. The van der Waals surface area contributed by atoms with E-state index in [1.54, 1.807) is 13.3 Å². The number of nitrogens with one attached hydrogen (secondary N) is 1. The van der Waals surface area contributed by atoms with Crippen LogP contribution < -0.4 is 10.1 Å². The third kappa shape index (κ3) is 3.85. The normalized spacial score (nSPS) is 17.7. The second-order valence-corrected chi connectivity index (χ2v) is 6.24. The van der Waals surface area contributed by atoms with Crippen LogP contribution in [0.2, 0.25) is 0 Å². The molecule has 0 saturated heterocycles. The van der Waals surface area contributed by atoms with E-state index in [9.17, 15) is 0 Å². The number of nitrogens with zero attached hydrogens (tertiary/aromatic N) is 1. The molecule has 19 heavy (non-hydrogen) atoms. The van der Waals surface area contributed by atoms with E-state index in [1.165, 1.54) is 32.1 Å². The lowest BCUT2D eigenvalue weighted by atomic mass is 9.78. The van der Waals surface area contributed by atoms with Gasteiger partial charge in [-0.15, -0.1) is 0 Å². The fourth-order valence-electron chi connectivity index (χ4n) is 3.33. The smallest absolute Gasteiger partial charge is 0.137 e. The van der Waals surface area contributed by atoms with E-state index in [0.29, 0.717) is 5.41 Å². The SMILES string of the molecule is COc1ccc(NCC2(CC(C)C)CCCC2)nc1. The summed E-state index contributed by atoms with van der Waals surface area (Å²) >= 11 is 0. The van der Waals surface area contributed by atoms with Crippen LogP contribution in [0.25, 0.3) is 0 Å². The first-order valence-electron chi connectivity index (χ1n) is 7.37. The van der Waals surface area contributed by atoms with Gasteiger partial charge in [0.1, 0.15) is 11.6 Å². The van der Waals surface area contributed by atoms with E-state index in [-0.39, 0.29) is 0 Å². The van der Waals surface area contributed by atoms with Crippen molar-refractivity contribution in [3.63, 3.8) is 0 Å². The van der Waals surface area contributed by atoms with Crippen molar-refractivity contribution in [1.29, 1.82) is 0 Å². The zero-order chi connectivity index (χ0) is 13.7. The number of methoxy groups -OCH3 is 1. The summed E-state index contributed by atoms with van der Waals surface area (Å²) in [5.74, 6) is 2.53. The van der Waals surface area contributed by atoms with Gasteiger partial charge in [-0.2, -0.15) is 0 Å². The minimum absolute atomic E-state index is 0.482. The molecule has 1 N–H and O–H groups in total. The summed E-state index contributed by atoms with van der Waals surface area (Å²) in [6.45, 7) is 5.70. The Labute approximate surface area is 116 Å². The lowest BCUT2D eigenvalue weighted by Gasteiger charge is -2.31. The van der Waals surface area contributed by atoms with Gasteiger partial charge in [-0.1, -0.05) is 26.7 Å². The predicted octanol–water partition coefficient (Wildman–Crippen LogP) is 4.11. The van der Waals surface area contributed by atoms with Crippen molar-refractivity contribution in [2.75, 3.05) is 19.0 Å². The molecule has 1 fully saturated rings. The van der Waals surface area contributed by atoms with Crippen LogP contribution in [0.15, 0.2) is 18.3 Å². The zero-order valence-electron chi connectivity index (χ0n) is 12.4. The third-order valence-corrected chi connectivity index (χ3v) is 4.12. The maximum atomic E-state index is 5.13. The van der Waals surface area contributed by atoms with Gasteiger partial charge in [0, 0.05) is 6.54 Å². The maximum absolute atomic E-state index is 5.13. The van der Waals surface area contributed by atoms with Crippen LogP contribution in [0.4, 0.5) is 5.82 Å². The number of pyridine rings is 1. The summed E-state index contributed by atoms with van der Waals surface area (Å²) in [5, 5.41) is 3.52. The predicted molar refractivity (Wildman–Crippen MR) is 79.6 cm³/mol. The van der Waals surface area contributed by atoms with Crippen LogP contribution in [0.1, 0.15) is 46.0 Å². The van der Waals surface area contributed by atoms with Gasteiger partial charge in [0.2, 0.25) is 0 Å². The van der Waals surface area contributed by atoms with Crippen LogP contribution in [0.3, 0.4) is 0 Å². The van der Waals surface area contributed by atoms with E-state index in [4.69, 9.17) is 4.74 Å². The molecule has 0 unspecified atom stereocenters. The van der Waals surface area contributed by atoms with E-state index in [1.807, 2.05) is 12.1 Å². The molecule has 1 aromatic rings. The van der Waals surface area contributed by atoms with Crippen molar-refractivity contribution < 1.29 is 4.74 Å². The lowest BCUT2D eigenvalue weighted by molar-refractivity contribution is 0.252. The quantitative estimate of drug-likeness (QED) is 0.837. The minimum Gasteiger partial charge on any atom is -0.495 e. The van der Waals surface area contributed by atoms with Gasteiger partial charge in [0.15, 0.2) is 0 Å². The molecule has 1 aliphatic carbocycles. The average molecular weight is 262 g/mol. The molecular formula is C16H26N2O. The van der Waals surface area contributed by atoms with Crippen LogP contribution in [-0.2, 0) is 0 Å². The number of hydrogen-bond acceptors (Lipinski definition) is 3. The molecule has 1 aliphatic rings. The highest BCUT2D eigenvalue weighted by Gasteiger charge is 2.34. The first-order chi connectivity index (χ1) is 9.13. The molecule has 1 saturated carbocycles. The van der Waals surface area contributed by atoms with Crippen molar-refractivity contribution in [1.82, 2.24) is 4.98 Å². The molecule has 0 aromatic carbocycles. The van der Waals surface area contributed by atoms with Crippen LogP contribution in [0, 0.1) is 11.3 Å². The summed E-state index contributed by atoms with van der Waals surface area (Å²) in [6, 6.07) is 3.95. The molecule has 2 rings (SSSR count). The molecule has 0 bridgehead atoms. The lowest BCUT2D eigenvalue weighted by Crippen LogP contribution is -2.28. The van der Waals surface area contributed by atoms with Gasteiger partial charge < -0.3 is 10.1 Å². The van der Waals surface area contributed by atoms with Crippen molar-refractivity contribution in [3.8, 4) is 5.75 Å². The summed E-state index contributed by atoms with van der Waals surface area (Å²) in [4.78, 5) is 4.38. The fourth-order valence-corrected chi connectivity index (χ4v) is 3.33. The Morgan fingerprint density at radius 1 is 1.32 bits per heavy atom. The molecule has 0 radical (unpaired) electrons. The fraction of sp³-hybridized carbons (Fsp3) is 0.688. The van der Waals surface area contributed by atoms with E-state index < -0.39 is 0 Å². The molecule has 1 aromatic heterocycles. The van der Waals surface area contributed by atoms with Gasteiger partial charge in [0.05, 0.1) is 13.3 Å². The number of hydrogen-bond donors (Lipinski definition) is 1. The Morgan fingerprint density at radius 2 is 2.05 bits per heavy atom. The Bertz CT molecular complexity index is 380. The van der Waals surface area contributed by atoms with E-state index >= 15 is 0 Å². The van der Waals surface area contributed by atoms with E-state index in [0.717, 1.165) is 24.0 Å². The summed E-state index contributed by atoms with van der Waals surface area (Å²) in [7, 11) is 1.67. The summed E-state index contributed by atoms with van der Waals surface area (Å²) in [5.41, 5.74) is 0.482. The molecule has 0 atom stereocenters. The number of aromatic nitrogens is 1. The van der Waals surface area contributed by atoms with E-state index in [2.05, 4.69) is 24.1 Å². The van der Waals surface area contributed by atoms with Crippen molar-refractivity contribution >= 4 is 5.82 Å². The van der Waals surface area contributed by atoms with Crippen LogP contribution >= 0.6 is 0 Å². The van der Waals surface area contributed by atoms with Gasteiger partial charge in [0.25, 0.3) is 0 Å². The Hall–Kier alpha value is -1.25. The largest absolute Gasteiger partial charge is 0.495 e. The van der Waals surface area contributed by atoms with Gasteiger partial charge >= 0.3 is 0 Å². The molecular weight excluding hydrogens is 236 g/mol. The first kappa shape index (κ1) is 14.2. The molecule has 1 heterocycles. The minimum atomic E-state index is 0.482. The van der Waals surface area contributed by atoms with Crippen molar-refractivity contribution in [3.05, 3.63) is 18.3 Å². The topological polar surface area (TPSA) is 34.1 Å². The molecule has 3 heteroatoms. The second-order valence-electron chi connectivity index (χ2n) is 6.24. The van der Waals surface area contributed by atoms with Crippen LogP contribution in [-0.4, -0.2) is 18.6 Å². The van der Waals surface area contributed by atoms with Gasteiger partial charge in [-0.3, -0.25) is 0 Å². The molecule has 3 nitrogen and oxygen atoms in total. The maximum Gasteiger partial charge on any atom is 0.137 e. The highest BCUT2D eigenvalue weighted by atomic mass is 16.5. The summed E-state index contributed by atoms with van der Waals surface area (Å²) < 4.78 is 5.13. The Morgan fingerprint density at radius 3 is 2.58 bits per heavy atom. The van der Waals surface area contributed by atoms with Crippen molar-refractivity contribution in [2.24, 2.45) is 11.3 Å². The van der Waals surface area contributed by atoms with Crippen molar-refractivity contribution in [2.45, 2.75) is 46.0 Å². The zero-order valence-corrected chi connectivity index (χ0v) is 12.4. The average Bonchev–Trinajstić information content (AvgIpc) is 2.85. The van der Waals surface area contributed by atoms with Gasteiger partial charge in [-0.05, 0) is 42.7 Å². The molecule has 0 aliphatic heterocycles. The standard InChI is InChI=1S/C16H26N2O/c1-13(2)10-16(8-4-5-9-16)12-18-15-7-6-14(19-3)11-17-15/h6-7,11,13H,4-5,8-10,12H2,1-3H3,(H,17,18). The van der Waals surface area contributed by atoms with Crippen LogP contribution in [0.5, 0.6) is 5.75 Å². The Kier molecular flexibility index (Phi) is 4.67. The highest BCUT2D eigenvalue weighted by molar-refractivity contribution is 5.37. The molecule has 106 valence electrons. The first-order valence-corrected chi connectivity index (χ1v) is 7.37. The summed E-state index contributed by atoms with van der Waals surface area (Å²) in [6.07, 6.45) is 8.56. The molecule has 0 spiro atoms. The number of ether oxygens (including phenoxy) is 1. The number of rotatable bonds is 6. The monoisotopic (exact) mass is 262 g/mol. The van der Waals surface area contributed by atoms with Gasteiger partial charge in [-0.25, -0.2) is 4.98 Å².